The molecule has 1 amide bonds. The van der Waals surface area contributed by atoms with Gasteiger partial charge in [-0.05, 0) is 31.5 Å². The Labute approximate surface area is 123 Å². The van der Waals surface area contributed by atoms with Gasteiger partial charge in [-0.3, -0.25) is 14.9 Å². The van der Waals surface area contributed by atoms with Crippen molar-refractivity contribution in [2.24, 2.45) is 5.92 Å². The minimum atomic E-state index is -0.535. The number of carbonyl (C=O) groups is 1. The van der Waals surface area contributed by atoms with E-state index in [0.717, 1.165) is 26.1 Å². The lowest BCUT2D eigenvalue weighted by atomic mass is 10.1. The van der Waals surface area contributed by atoms with Crippen molar-refractivity contribution in [3.63, 3.8) is 0 Å². The van der Waals surface area contributed by atoms with Crippen molar-refractivity contribution in [3.05, 3.63) is 33.9 Å². The van der Waals surface area contributed by atoms with Gasteiger partial charge in [-0.25, -0.2) is 0 Å². The van der Waals surface area contributed by atoms with Crippen LogP contribution in [0.1, 0.15) is 23.7 Å². The number of hydrogen-bond acceptors (Lipinski definition) is 5. The first-order valence-electron chi connectivity index (χ1n) is 7.05. The van der Waals surface area contributed by atoms with Crippen LogP contribution in [-0.2, 0) is 0 Å². The van der Waals surface area contributed by atoms with Crippen LogP contribution in [0.2, 0.25) is 0 Å². The first kappa shape index (κ1) is 15.2. The zero-order chi connectivity index (χ0) is 15.4. The quantitative estimate of drug-likeness (QED) is 0.483. The van der Waals surface area contributed by atoms with E-state index in [9.17, 15) is 14.9 Å². The monoisotopic (exact) mass is 292 g/mol. The van der Waals surface area contributed by atoms with Crippen LogP contribution >= 0.6 is 0 Å². The van der Waals surface area contributed by atoms with Gasteiger partial charge in [0.2, 0.25) is 0 Å². The lowest BCUT2D eigenvalue weighted by molar-refractivity contribution is -0.384. The predicted octanol–water partition coefficient (Wildman–Crippen LogP) is 1.25. The summed E-state index contributed by atoms with van der Waals surface area (Å²) in [7, 11) is 0. The molecule has 0 aromatic heterocycles. The Bertz CT molecular complexity index is 547. The van der Waals surface area contributed by atoms with Crippen LogP contribution in [0.25, 0.3) is 0 Å². The molecule has 1 heterocycles. The third kappa shape index (κ3) is 3.69. The van der Waals surface area contributed by atoms with Gasteiger partial charge in [-0.15, -0.1) is 0 Å². The SMILES string of the molecule is CCN1CCC(CNC(=O)c2cc([N+](=O)[O-])ccc2N)C1. The van der Waals surface area contributed by atoms with Crippen molar-refractivity contribution in [2.75, 3.05) is 31.9 Å². The van der Waals surface area contributed by atoms with Crippen molar-refractivity contribution in [2.45, 2.75) is 13.3 Å². The second-order valence-corrected chi connectivity index (χ2v) is 5.29. The molecule has 1 fully saturated rings. The molecule has 7 nitrogen and oxygen atoms in total. The highest BCUT2D eigenvalue weighted by molar-refractivity contribution is 5.99. The maximum absolute atomic E-state index is 12.1. The molecule has 2 rings (SSSR count). The Morgan fingerprint density at radius 1 is 1.57 bits per heavy atom. The lowest BCUT2D eigenvalue weighted by Crippen LogP contribution is -2.31. The van der Waals surface area contributed by atoms with Crippen LogP contribution < -0.4 is 11.1 Å². The topological polar surface area (TPSA) is 102 Å². The third-order valence-electron chi connectivity index (χ3n) is 3.86. The first-order chi connectivity index (χ1) is 10.0. The number of nitrogens with two attached hydrogens (primary N) is 1. The van der Waals surface area contributed by atoms with Crippen LogP contribution in [0, 0.1) is 16.0 Å². The van der Waals surface area contributed by atoms with E-state index in [1.807, 2.05) is 0 Å². The van der Waals surface area contributed by atoms with Crippen LogP contribution in [0.3, 0.4) is 0 Å². The predicted molar refractivity (Wildman–Crippen MR) is 80.1 cm³/mol. The number of nitro benzene ring substituents is 1. The van der Waals surface area contributed by atoms with E-state index in [0.29, 0.717) is 12.5 Å². The summed E-state index contributed by atoms with van der Waals surface area (Å²) in [6.07, 6.45) is 1.05. The van der Waals surface area contributed by atoms with Gasteiger partial charge in [-0.1, -0.05) is 6.92 Å². The van der Waals surface area contributed by atoms with E-state index < -0.39 is 4.92 Å². The normalized spacial score (nSPS) is 18.6. The summed E-state index contributed by atoms with van der Waals surface area (Å²) in [5.41, 5.74) is 6.01. The molecule has 1 aromatic rings. The summed E-state index contributed by atoms with van der Waals surface area (Å²) in [4.78, 5) is 24.7. The van der Waals surface area contributed by atoms with Gasteiger partial charge in [0.05, 0.1) is 10.5 Å². The van der Waals surface area contributed by atoms with Crippen molar-refractivity contribution in [1.82, 2.24) is 10.2 Å². The molecule has 1 aliphatic heterocycles. The van der Waals surface area contributed by atoms with Gasteiger partial charge < -0.3 is 16.0 Å². The van der Waals surface area contributed by atoms with Crippen LogP contribution in [0.5, 0.6) is 0 Å². The molecular weight excluding hydrogens is 272 g/mol. The number of nitrogens with zero attached hydrogens (tertiary/aromatic N) is 2. The van der Waals surface area contributed by atoms with Gasteiger partial charge in [0, 0.05) is 30.9 Å². The summed E-state index contributed by atoms with van der Waals surface area (Å²) >= 11 is 0. The summed E-state index contributed by atoms with van der Waals surface area (Å²) in [6.45, 7) is 5.72. The fourth-order valence-corrected chi connectivity index (χ4v) is 2.55. The fraction of sp³-hybridized carbons (Fsp3) is 0.500. The van der Waals surface area contributed by atoms with E-state index in [1.54, 1.807) is 0 Å². The number of amides is 1. The Morgan fingerprint density at radius 3 is 2.95 bits per heavy atom. The number of nitrogen functional groups attached to an aromatic ring is 1. The summed E-state index contributed by atoms with van der Waals surface area (Å²) in [5.74, 6) is 0.0694. The van der Waals surface area contributed by atoms with Crippen LogP contribution in [-0.4, -0.2) is 41.9 Å². The summed E-state index contributed by atoms with van der Waals surface area (Å²) in [5, 5.41) is 13.6. The molecule has 1 aliphatic rings. The maximum atomic E-state index is 12.1. The average molecular weight is 292 g/mol. The van der Waals surface area contributed by atoms with E-state index in [1.165, 1.54) is 18.2 Å². The Morgan fingerprint density at radius 2 is 2.33 bits per heavy atom. The van der Waals surface area contributed by atoms with Gasteiger partial charge in [0.1, 0.15) is 0 Å². The lowest BCUT2D eigenvalue weighted by Gasteiger charge is -2.14. The number of anilines is 1. The van der Waals surface area contributed by atoms with Gasteiger partial charge in [0.25, 0.3) is 11.6 Å². The van der Waals surface area contributed by atoms with E-state index >= 15 is 0 Å². The number of benzene rings is 1. The van der Waals surface area contributed by atoms with E-state index in [2.05, 4.69) is 17.1 Å². The van der Waals surface area contributed by atoms with Gasteiger partial charge in [0.15, 0.2) is 0 Å². The minimum absolute atomic E-state index is 0.132. The zero-order valence-corrected chi connectivity index (χ0v) is 12.0. The molecule has 1 aromatic carbocycles. The third-order valence-corrected chi connectivity index (χ3v) is 3.86. The molecule has 1 saturated heterocycles. The smallest absolute Gasteiger partial charge is 0.270 e. The zero-order valence-electron chi connectivity index (χ0n) is 12.0. The number of hydrogen-bond donors (Lipinski definition) is 2. The molecule has 0 radical (unpaired) electrons. The second kappa shape index (κ2) is 6.53. The Balaban J connectivity index is 1.97. The number of non-ortho nitro benzene ring substituents is 1. The molecule has 3 N–H and O–H groups in total. The number of likely N-dealkylation sites (tertiary alicyclic amines) is 1. The van der Waals surface area contributed by atoms with Crippen molar-refractivity contribution in [1.29, 1.82) is 0 Å². The van der Waals surface area contributed by atoms with Crippen LogP contribution in [0.15, 0.2) is 18.2 Å². The number of nitro groups is 1. The molecule has 0 bridgehead atoms. The van der Waals surface area contributed by atoms with E-state index in [4.69, 9.17) is 5.73 Å². The van der Waals surface area contributed by atoms with Crippen molar-refractivity contribution >= 4 is 17.3 Å². The molecule has 21 heavy (non-hydrogen) atoms. The molecule has 0 saturated carbocycles. The van der Waals surface area contributed by atoms with E-state index in [-0.39, 0.29) is 22.8 Å². The number of nitrogens with one attached hydrogen (secondary N) is 1. The highest BCUT2D eigenvalue weighted by Gasteiger charge is 2.22. The maximum Gasteiger partial charge on any atom is 0.270 e. The molecule has 1 unspecified atom stereocenters. The average Bonchev–Trinajstić information content (AvgIpc) is 2.93. The number of rotatable bonds is 5. The molecule has 114 valence electrons. The summed E-state index contributed by atoms with van der Waals surface area (Å²) in [6, 6.07) is 3.90. The Hall–Kier alpha value is -2.15. The molecular formula is C14H20N4O3. The molecule has 0 spiro atoms. The van der Waals surface area contributed by atoms with Crippen molar-refractivity contribution < 1.29 is 9.72 Å². The largest absolute Gasteiger partial charge is 0.398 e. The summed E-state index contributed by atoms with van der Waals surface area (Å²) < 4.78 is 0. The van der Waals surface area contributed by atoms with Crippen LogP contribution in [0.4, 0.5) is 11.4 Å². The second-order valence-electron chi connectivity index (χ2n) is 5.29. The van der Waals surface area contributed by atoms with Crippen molar-refractivity contribution in [3.8, 4) is 0 Å². The fourth-order valence-electron chi connectivity index (χ4n) is 2.55. The molecule has 7 heteroatoms. The van der Waals surface area contributed by atoms with Gasteiger partial charge >= 0.3 is 0 Å². The highest BCUT2D eigenvalue weighted by atomic mass is 16.6. The Kier molecular flexibility index (Phi) is 4.74. The van der Waals surface area contributed by atoms with Gasteiger partial charge in [-0.2, -0.15) is 0 Å². The first-order valence-corrected chi connectivity index (χ1v) is 7.05. The highest BCUT2D eigenvalue weighted by Crippen LogP contribution is 2.20. The standard InChI is InChI=1S/C14H20N4O3/c1-2-17-6-5-10(9-17)8-16-14(19)12-7-11(18(20)21)3-4-13(12)15/h3-4,7,10H,2,5-6,8-9,15H2,1H3,(H,16,19). The minimum Gasteiger partial charge on any atom is -0.398 e. The molecule has 0 aliphatic carbocycles. The molecule has 1 atom stereocenters. The number of carbonyl (C=O) groups excluding carboxylic acids is 1.